The average Bonchev–Trinajstić information content (AvgIpc) is 2.78. The number of nitrogens with one attached hydrogen (secondary N) is 1. The molecule has 4 nitrogen and oxygen atoms in total. The summed E-state index contributed by atoms with van der Waals surface area (Å²) in [6.45, 7) is 1.96. The van der Waals surface area contributed by atoms with Gasteiger partial charge in [-0.2, -0.15) is 5.26 Å². The van der Waals surface area contributed by atoms with E-state index < -0.39 is 5.97 Å². The molecule has 18 heavy (non-hydrogen) atoms. The summed E-state index contributed by atoms with van der Waals surface area (Å²) in [6, 6.07) is 11.5. The Morgan fingerprint density at radius 3 is 2.94 bits per heavy atom. The summed E-state index contributed by atoms with van der Waals surface area (Å²) in [5.41, 5.74) is 1.66. The highest BCUT2D eigenvalue weighted by Crippen LogP contribution is 2.16. The number of aromatic nitrogens is 1. The first kappa shape index (κ1) is 11.9. The monoisotopic (exact) mass is 240 g/mol. The van der Waals surface area contributed by atoms with Crippen LogP contribution in [0.1, 0.15) is 12.6 Å². The number of esters is 1. The second-order valence-electron chi connectivity index (χ2n) is 3.70. The first-order valence-corrected chi connectivity index (χ1v) is 5.61. The number of benzene rings is 1. The lowest BCUT2D eigenvalue weighted by atomic mass is 10.2. The number of aromatic amines is 1. The summed E-state index contributed by atoms with van der Waals surface area (Å²) < 4.78 is 4.80. The van der Waals surface area contributed by atoms with Gasteiger partial charge in [-0.05, 0) is 30.5 Å². The third kappa shape index (κ3) is 2.41. The van der Waals surface area contributed by atoms with Crippen molar-refractivity contribution in [3.05, 3.63) is 41.6 Å². The van der Waals surface area contributed by atoms with Gasteiger partial charge in [-0.3, -0.25) is 0 Å². The summed E-state index contributed by atoms with van der Waals surface area (Å²) in [5, 5.41) is 9.96. The van der Waals surface area contributed by atoms with E-state index in [0.29, 0.717) is 5.69 Å². The molecule has 0 spiro atoms. The van der Waals surface area contributed by atoms with Crippen molar-refractivity contribution in [2.75, 3.05) is 6.61 Å². The molecule has 4 heteroatoms. The third-order valence-electron chi connectivity index (χ3n) is 2.47. The largest absolute Gasteiger partial charge is 0.462 e. The molecule has 0 amide bonds. The van der Waals surface area contributed by atoms with E-state index in [0.717, 1.165) is 10.9 Å². The van der Waals surface area contributed by atoms with Crippen LogP contribution in [-0.4, -0.2) is 17.6 Å². The van der Waals surface area contributed by atoms with Gasteiger partial charge >= 0.3 is 5.97 Å². The number of carbonyl (C=O) groups is 1. The fourth-order valence-corrected chi connectivity index (χ4v) is 1.67. The molecule has 2 aromatic rings. The second kappa shape index (κ2) is 5.19. The van der Waals surface area contributed by atoms with Gasteiger partial charge in [0.1, 0.15) is 11.6 Å². The zero-order chi connectivity index (χ0) is 13.0. The molecule has 0 fully saturated rings. The van der Waals surface area contributed by atoms with E-state index in [1.807, 2.05) is 36.4 Å². The van der Waals surface area contributed by atoms with Gasteiger partial charge in [0.25, 0.3) is 0 Å². The predicted molar refractivity (Wildman–Crippen MR) is 68.5 cm³/mol. The molecule has 0 aliphatic rings. The van der Waals surface area contributed by atoms with E-state index in [1.54, 1.807) is 6.92 Å². The Morgan fingerprint density at radius 2 is 2.28 bits per heavy atom. The minimum Gasteiger partial charge on any atom is -0.462 e. The van der Waals surface area contributed by atoms with E-state index in [1.165, 1.54) is 6.08 Å². The highest BCUT2D eigenvalue weighted by molar-refractivity contribution is 5.98. The Labute approximate surface area is 104 Å². The first-order chi connectivity index (χ1) is 8.74. The molecular weight excluding hydrogens is 228 g/mol. The van der Waals surface area contributed by atoms with Gasteiger partial charge in [-0.1, -0.05) is 18.2 Å². The van der Waals surface area contributed by atoms with E-state index in [4.69, 9.17) is 10.00 Å². The normalized spacial score (nSPS) is 11.2. The molecule has 0 saturated carbocycles. The summed E-state index contributed by atoms with van der Waals surface area (Å²) in [4.78, 5) is 14.6. The molecule has 0 aliphatic heterocycles. The number of fused-ring (bicyclic) bond motifs is 1. The van der Waals surface area contributed by atoms with Crippen molar-refractivity contribution < 1.29 is 9.53 Å². The molecule has 0 bridgehead atoms. The molecule has 0 radical (unpaired) electrons. The van der Waals surface area contributed by atoms with Crippen molar-refractivity contribution in [2.24, 2.45) is 0 Å². The van der Waals surface area contributed by atoms with E-state index in [-0.39, 0.29) is 12.2 Å². The van der Waals surface area contributed by atoms with Crippen molar-refractivity contribution in [2.45, 2.75) is 6.92 Å². The molecule has 0 saturated heterocycles. The Kier molecular flexibility index (Phi) is 3.44. The molecule has 0 aliphatic carbocycles. The van der Waals surface area contributed by atoms with Crippen LogP contribution in [0.15, 0.2) is 35.9 Å². The number of hydrogen-bond acceptors (Lipinski definition) is 3. The molecule has 1 aromatic heterocycles. The zero-order valence-corrected chi connectivity index (χ0v) is 9.93. The predicted octanol–water partition coefficient (Wildman–Crippen LogP) is 2.64. The van der Waals surface area contributed by atoms with Gasteiger partial charge in [0.2, 0.25) is 0 Å². The minimum absolute atomic E-state index is 0.0107. The van der Waals surface area contributed by atoms with Gasteiger partial charge in [0.15, 0.2) is 0 Å². The van der Waals surface area contributed by atoms with E-state index >= 15 is 0 Å². The van der Waals surface area contributed by atoms with Crippen LogP contribution < -0.4 is 0 Å². The quantitative estimate of drug-likeness (QED) is 0.509. The number of hydrogen-bond donors (Lipinski definition) is 1. The average molecular weight is 240 g/mol. The lowest BCUT2D eigenvalue weighted by molar-refractivity contribution is -0.137. The molecule has 90 valence electrons. The summed E-state index contributed by atoms with van der Waals surface area (Å²) in [7, 11) is 0. The van der Waals surface area contributed by atoms with Crippen LogP contribution >= 0.6 is 0 Å². The van der Waals surface area contributed by atoms with Crippen molar-refractivity contribution in [3.63, 3.8) is 0 Å². The highest BCUT2D eigenvalue weighted by Gasteiger charge is 2.10. The van der Waals surface area contributed by atoms with Crippen LogP contribution in [0.5, 0.6) is 0 Å². The SMILES string of the molecule is CCOC(=O)/C(C#N)=C/c1cc2ccccc2[nH]1. The lowest BCUT2D eigenvalue weighted by Crippen LogP contribution is -2.05. The topological polar surface area (TPSA) is 65.9 Å². The van der Waals surface area contributed by atoms with Crippen molar-refractivity contribution in [3.8, 4) is 6.07 Å². The van der Waals surface area contributed by atoms with Crippen molar-refractivity contribution in [1.82, 2.24) is 4.98 Å². The number of nitriles is 1. The van der Waals surface area contributed by atoms with Gasteiger partial charge in [0.05, 0.1) is 6.61 Å². The van der Waals surface area contributed by atoms with Crippen molar-refractivity contribution >= 4 is 22.9 Å². The smallest absolute Gasteiger partial charge is 0.348 e. The Bertz CT molecular complexity index is 614. The summed E-state index contributed by atoms with van der Waals surface area (Å²) in [6.07, 6.45) is 1.50. The van der Waals surface area contributed by atoms with Crippen LogP contribution in [0, 0.1) is 11.3 Å². The van der Waals surface area contributed by atoms with Crippen LogP contribution in [0.2, 0.25) is 0 Å². The first-order valence-electron chi connectivity index (χ1n) is 5.61. The van der Waals surface area contributed by atoms with Gasteiger partial charge in [-0.25, -0.2) is 4.79 Å². The second-order valence-corrected chi connectivity index (χ2v) is 3.70. The number of H-pyrrole nitrogens is 1. The Morgan fingerprint density at radius 1 is 1.50 bits per heavy atom. The molecule has 0 unspecified atom stereocenters. The van der Waals surface area contributed by atoms with Crippen LogP contribution in [-0.2, 0) is 9.53 Å². The fourth-order valence-electron chi connectivity index (χ4n) is 1.67. The number of para-hydroxylation sites is 1. The number of carbonyl (C=O) groups excluding carboxylic acids is 1. The maximum absolute atomic E-state index is 11.5. The Hall–Kier alpha value is -2.54. The number of rotatable bonds is 3. The van der Waals surface area contributed by atoms with Gasteiger partial charge in [0, 0.05) is 11.2 Å². The molecule has 1 N–H and O–H groups in total. The standard InChI is InChI=1S/C14H12N2O2/c1-2-18-14(17)11(9-15)8-12-7-10-5-3-4-6-13(10)16-12/h3-8,16H,2H2,1H3/b11-8+. The van der Waals surface area contributed by atoms with E-state index in [2.05, 4.69) is 4.98 Å². The number of nitrogens with zero attached hydrogens (tertiary/aromatic N) is 1. The van der Waals surface area contributed by atoms with Crippen LogP contribution in [0.4, 0.5) is 0 Å². The molecule has 2 rings (SSSR count). The summed E-state index contributed by atoms with van der Waals surface area (Å²) in [5.74, 6) is -0.598. The molecule has 1 aromatic carbocycles. The maximum Gasteiger partial charge on any atom is 0.348 e. The Balaban J connectivity index is 2.36. The zero-order valence-electron chi connectivity index (χ0n) is 9.93. The van der Waals surface area contributed by atoms with Crippen molar-refractivity contribution in [1.29, 1.82) is 5.26 Å². The number of ether oxygens (including phenoxy) is 1. The third-order valence-corrected chi connectivity index (χ3v) is 2.47. The van der Waals surface area contributed by atoms with Crippen LogP contribution in [0.3, 0.4) is 0 Å². The molecule has 0 atom stereocenters. The minimum atomic E-state index is -0.598. The lowest BCUT2D eigenvalue weighted by Gasteiger charge is -1.98. The molecule has 1 heterocycles. The maximum atomic E-state index is 11.5. The molecular formula is C14H12N2O2. The van der Waals surface area contributed by atoms with Gasteiger partial charge in [-0.15, -0.1) is 0 Å². The highest BCUT2D eigenvalue weighted by atomic mass is 16.5. The summed E-state index contributed by atoms with van der Waals surface area (Å²) >= 11 is 0. The van der Waals surface area contributed by atoms with Gasteiger partial charge < -0.3 is 9.72 Å². The fraction of sp³-hybridized carbons (Fsp3) is 0.143. The van der Waals surface area contributed by atoms with Crippen LogP contribution in [0.25, 0.3) is 17.0 Å². The van der Waals surface area contributed by atoms with E-state index in [9.17, 15) is 4.79 Å².